The molecular weight excluding hydrogens is 268 g/mol. The second-order valence-corrected chi connectivity index (χ2v) is 4.99. The van der Waals surface area contributed by atoms with Crippen molar-refractivity contribution in [1.29, 1.82) is 0 Å². The Morgan fingerprint density at radius 2 is 2.31 bits per heavy atom. The largest absolute Gasteiger partial charge is 0.495 e. The van der Waals surface area contributed by atoms with Crippen LogP contribution < -0.4 is 15.0 Å². The van der Waals surface area contributed by atoms with Crippen LogP contribution >= 0.6 is 15.9 Å². The van der Waals surface area contributed by atoms with Gasteiger partial charge in [0.05, 0.1) is 12.8 Å². The average Bonchev–Trinajstić information content (AvgIpc) is 2.81. The molecule has 1 aromatic carbocycles. The van der Waals surface area contributed by atoms with Crippen molar-refractivity contribution in [3.8, 4) is 5.75 Å². The van der Waals surface area contributed by atoms with Gasteiger partial charge >= 0.3 is 0 Å². The van der Waals surface area contributed by atoms with E-state index in [1.165, 1.54) is 6.42 Å². The van der Waals surface area contributed by atoms with Crippen molar-refractivity contribution in [2.75, 3.05) is 32.1 Å². The van der Waals surface area contributed by atoms with Crippen LogP contribution in [0.1, 0.15) is 6.42 Å². The quantitative estimate of drug-likeness (QED) is 0.922. The van der Waals surface area contributed by atoms with Gasteiger partial charge in [0.15, 0.2) is 0 Å². The Kier molecular flexibility index (Phi) is 3.71. The van der Waals surface area contributed by atoms with Gasteiger partial charge in [0, 0.05) is 24.1 Å². The summed E-state index contributed by atoms with van der Waals surface area (Å²) >= 11 is 3.50. The molecule has 1 atom stereocenters. The van der Waals surface area contributed by atoms with E-state index in [-0.39, 0.29) is 0 Å². The lowest BCUT2D eigenvalue weighted by Crippen LogP contribution is -2.33. The number of nitrogens with zero attached hydrogens (tertiary/aromatic N) is 1. The van der Waals surface area contributed by atoms with E-state index in [4.69, 9.17) is 4.74 Å². The molecule has 16 heavy (non-hydrogen) atoms. The topological polar surface area (TPSA) is 24.5 Å². The van der Waals surface area contributed by atoms with Crippen molar-refractivity contribution >= 4 is 21.6 Å². The molecule has 0 saturated carbocycles. The Morgan fingerprint density at radius 3 is 2.94 bits per heavy atom. The summed E-state index contributed by atoms with van der Waals surface area (Å²) in [5.41, 5.74) is 1.14. The van der Waals surface area contributed by atoms with Crippen molar-refractivity contribution < 1.29 is 4.74 Å². The molecule has 2 rings (SSSR count). The number of ether oxygens (including phenoxy) is 1. The molecular formula is C12H17BrN2O. The van der Waals surface area contributed by atoms with Gasteiger partial charge in [0.2, 0.25) is 0 Å². The number of methoxy groups -OCH3 is 1. The smallest absolute Gasteiger partial charge is 0.142 e. The molecule has 0 radical (unpaired) electrons. The van der Waals surface area contributed by atoms with Crippen LogP contribution in [0.15, 0.2) is 22.7 Å². The van der Waals surface area contributed by atoms with Crippen LogP contribution in [-0.4, -0.2) is 33.3 Å². The Morgan fingerprint density at radius 1 is 1.50 bits per heavy atom. The third-order valence-electron chi connectivity index (χ3n) is 3.10. The van der Waals surface area contributed by atoms with Gasteiger partial charge in [0.25, 0.3) is 0 Å². The monoisotopic (exact) mass is 284 g/mol. The van der Waals surface area contributed by atoms with Gasteiger partial charge in [-0.05, 0) is 31.2 Å². The zero-order valence-corrected chi connectivity index (χ0v) is 11.3. The van der Waals surface area contributed by atoms with Crippen LogP contribution in [0.5, 0.6) is 5.75 Å². The molecule has 1 aliphatic heterocycles. The zero-order chi connectivity index (χ0) is 11.5. The fourth-order valence-corrected chi connectivity index (χ4v) is 2.45. The van der Waals surface area contributed by atoms with Crippen molar-refractivity contribution in [1.82, 2.24) is 5.32 Å². The molecule has 1 unspecified atom stereocenters. The van der Waals surface area contributed by atoms with Gasteiger partial charge in [0.1, 0.15) is 5.75 Å². The summed E-state index contributed by atoms with van der Waals surface area (Å²) in [5.74, 6) is 0.928. The standard InChI is InChI=1S/C12H17BrN2O/c1-15(10-5-6-14-8-10)11-7-9(13)3-4-12(11)16-2/h3-4,7,10,14H,5-6,8H2,1-2H3. The minimum Gasteiger partial charge on any atom is -0.495 e. The van der Waals surface area contributed by atoms with Crippen LogP contribution in [0, 0.1) is 0 Å². The number of hydrogen-bond donors (Lipinski definition) is 1. The van der Waals surface area contributed by atoms with Crippen LogP contribution in [0.4, 0.5) is 5.69 Å². The number of nitrogens with one attached hydrogen (secondary N) is 1. The van der Waals surface area contributed by atoms with Crippen LogP contribution in [0.2, 0.25) is 0 Å². The molecule has 1 fully saturated rings. The predicted octanol–water partition coefficient (Wildman–Crippen LogP) is 2.26. The number of likely N-dealkylation sites (N-methyl/N-ethyl adjacent to an activating group) is 1. The van der Waals surface area contributed by atoms with Gasteiger partial charge in [-0.2, -0.15) is 0 Å². The third kappa shape index (κ3) is 2.33. The summed E-state index contributed by atoms with van der Waals surface area (Å²) in [6.45, 7) is 2.15. The minimum atomic E-state index is 0.559. The molecule has 1 aromatic rings. The Labute approximate surface area is 105 Å². The molecule has 1 heterocycles. The molecule has 0 bridgehead atoms. The number of anilines is 1. The Hall–Kier alpha value is -0.740. The van der Waals surface area contributed by atoms with Crippen LogP contribution in [-0.2, 0) is 0 Å². The van der Waals surface area contributed by atoms with Crippen molar-refractivity contribution in [2.24, 2.45) is 0 Å². The van der Waals surface area contributed by atoms with Crippen molar-refractivity contribution in [3.05, 3.63) is 22.7 Å². The third-order valence-corrected chi connectivity index (χ3v) is 3.60. The summed E-state index contributed by atoms with van der Waals surface area (Å²) in [6.07, 6.45) is 1.19. The van der Waals surface area contributed by atoms with Crippen molar-refractivity contribution in [3.63, 3.8) is 0 Å². The van der Waals surface area contributed by atoms with Crippen molar-refractivity contribution in [2.45, 2.75) is 12.5 Å². The molecule has 0 aromatic heterocycles. The number of benzene rings is 1. The highest BCUT2D eigenvalue weighted by Gasteiger charge is 2.21. The van der Waals surface area contributed by atoms with E-state index in [0.717, 1.165) is 29.0 Å². The van der Waals surface area contributed by atoms with Crippen LogP contribution in [0.3, 0.4) is 0 Å². The van der Waals surface area contributed by atoms with Gasteiger partial charge in [-0.25, -0.2) is 0 Å². The highest BCUT2D eigenvalue weighted by molar-refractivity contribution is 9.10. The number of hydrogen-bond acceptors (Lipinski definition) is 3. The van der Waals surface area contributed by atoms with E-state index < -0.39 is 0 Å². The van der Waals surface area contributed by atoms with Gasteiger partial charge in [-0.15, -0.1) is 0 Å². The van der Waals surface area contributed by atoms with Gasteiger partial charge in [-0.3, -0.25) is 0 Å². The highest BCUT2D eigenvalue weighted by atomic mass is 79.9. The fraction of sp³-hybridized carbons (Fsp3) is 0.500. The predicted molar refractivity (Wildman–Crippen MR) is 70.4 cm³/mol. The second-order valence-electron chi connectivity index (χ2n) is 4.07. The molecule has 1 N–H and O–H groups in total. The van der Waals surface area contributed by atoms with E-state index in [2.05, 4.69) is 39.3 Å². The van der Waals surface area contributed by atoms with Gasteiger partial charge in [-0.1, -0.05) is 15.9 Å². The molecule has 1 aliphatic rings. The average molecular weight is 285 g/mol. The molecule has 4 heteroatoms. The molecule has 88 valence electrons. The lowest BCUT2D eigenvalue weighted by molar-refractivity contribution is 0.413. The lowest BCUT2D eigenvalue weighted by atomic mass is 10.2. The maximum atomic E-state index is 5.40. The van der Waals surface area contributed by atoms with Gasteiger partial charge < -0.3 is 15.0 Å². The summed E-state index contributed by atoms with van der Waals surface area (Å²) < 4.78 is 6.48. The van der Waals surface area contributed by atoms with E-state index in [9.17, 15) is 0 Å². The van der Waals surface area contributed by atoms with E-state index in [1.54, 1.807) is 7.11 Å². The number of halogens is 1. The minimum absolute atomic E-state index is 0.559. The first-order valence-electron chi connectivity index (χ1n) is 5.49. The summed E-state index contributed by atoms with van der Waals surface area (Å²) in [5, 5.41) is 3.38. The molecule has 3 nitrogen and oxygen atoms in total. The van der Waals surface area contributed by atoms with E-state index in [1.807, 2.05) is 12.1 Å². The van der Waals surface area contributed by atoms with E-state index in [0.29, 0.717) is 6.04 Å². The Balaban J connectivity index is 2.26. The van der Waals surface area contributed by atoms with E-state index >= 15 is 0 Å². The SMILES string of the molecule is COc1ccc(Br)cc1N(C)C1CCNC1. The fourth-order valence-electron chi connectivity index (χ4n) is 2.11. The normalized spacial score (nSPS) is 19.8. The molecule has 0 aliphatic carbocycles. The first-order chi connectivity index (χ1) is 7.72. The maximum absolute atomic E-state index is 5.40. The highest BCUT2D eigenvalue weighted by Crippen LogP contribution is 2.32. The summed E-state index contributed by atoms with van der Waals surface area (Å²) in [6, 6.07) is 6.67. The second kappa shape index (κ2) is 5.06. The zero-order valence-electron chi connectivity index (χ0n) is 9.66. The summed E-state index contributed by atoms with van der Waals surface area (Å²) in [4.78, 5) is 2.30. The number of rotatable bonds is 3. The lowest BCUT2D eigenvalue weighted by Gasteiger charge is -2.27. The first kappa shape index (κ1) is 11.7. The van der Waals surface area contributed by atoms with Crippen LogP contribution in [0.25, 0.3) is 0 Å². The Bertz CT molecular complexity index is 364. The summed E-state index contributed by atoms with van der Waals surface area (Å²) in [7, 11) is 3.84. The maximum Gasteiger partial charge on any atom is 0.142 e. The molecule has 0 spiro atoms. The molecule has 0 amide bonds. The first-order valence-corrected chi connectivity index (χ1v) is 6.29. The molecule has 1 saturated heterocycles.